The Bertz CT molecular complexity index is 371. The molecule has 0 saturated carbocycles. The summed E-state index contributed by atoms with van der Waals surface area (Å²) in [6.07, 6.45) is -1.93. The van der Waals surface area contributed by atoms with Crippen LogP contribution >= 0.6 is 0 Å². The Kier molecular flexibility index (Phi) is 6.15. The Balaban J connectivity index is 2.52. The minimum Gasteiger partial charge on any atom is -0.375 e. The average Bonchev–Trinajstić information content (AvgIpc) is 2.33. The van der Waals surface area contributed by atoms with Gasteiger partial charge < -0.3 is 10.1 Å². The van der Waals surface area contributed by atoms with Gasteiger partial charge in [0.25, 0.3) is 6.43 Å². The van der Waals surface area contributed by atoms with Gasteiger partial charge in [-0.25, -0.2) is 13.2 Å². The second-order valence-electron chi connectivity index (χ2n) is 4.10. The van der Waals surface area contributed by atoms with Crippen molar-refractivity contribution in [3.05, 3.63) is 35.1 Å². The van der Waals surface area contributed by atoms with E-state index in [9.17, 15) is 13.2 Å². The van der Waals surface area contributed by atoms with Crippen LogP contribution in [0.1, 0.15) is 23.6 Å². The van der Waals surface area contributed by atoms with E-state index < -0.39 is 13.0 Å². The van der Waals surface area contributed by atoms with E-state index in [4.69, 9.17) is 4.74 Å². The molecule has 0 heterocycles. The van der Waals surface area contributed by atoms with Gasteiger partial charge in [0.05, 0.1) is 0 Å². The van der Waals surface area contributed by atoms with Crippen molar-refractivity contribution >= 4 is 0 Å². The summed E-state index contributed by atoms with van der Waals surface area (Å²) in [6.45, 7) is 1.35. The topological polar surface area (TPSA) is 21.3 Å². The van der Waals surface area contributed by atoms with Crippen LogP contribution in [0, 0.1) is 12.7 Å². The number of benzene rings is 1. The van der Waals surface area contributed by atoms with Gasteiger partial charge in [0.2, 0.25) is 0 Å². The van der Waals surface area contributed by atoms with Crippen LogP contribution in [0.4, 0.5) is 13.2 Å². The second kappa shape index (κ2) is 7.38. The Morgan fingerprint density at radius 2 is 2.06 bits per heavy atom. The number of halogens is 3. The lowest BCUT2D eigenvalue weighted by atomic mass is 10.0. The van der Waals surface area contributed by atoms with Crippen LogP contribution < -0.4 is 5.32 Å². The second-order valence-corrected chi connectivity index (χ2v) is 4.10. The third kappa shape index (κ3) is 4.66. The van der Waals surface area contributed by atoms with E-state index >= 15 is 0 Å². The summed E-state index contributed by atoms with van der Waals surface area (Å²) in [7, 11) is 1.75. The fourth-order valence-corrected chi connectivity index (χ4v) is 1.68. The number of hydrogen-bond donors (Lipinski definition) is 1. The molecule has 1 aromatic carbocycles. The molecule has 1 unspecified atom stereocenters. The van der Waals surface area contributed by atoms with Crippen molar-refractivity contribution in [2.75, 3.05) is 20.3 Å². The Hall–Kier alpha value is -1.07. The molecule has 18 heavy (non-hydrogen) atoms. The number of rotatable bonds is 7. The summed E-state index contributed by atoms with van der Waals surface area (Å²) in [4.78, 5) is 0. The van der Waals surface area contributed by atoms with Crippen LogP contribution in [-0.4, -0.2) is 26.7 Å². The molecule has 0 spiro atoms. The third-order valence-corrected chi connectivity index (χ3v) is 2.74. The highest BCUT2D eigenvalue weighted by molar-refractivity contribution is 5.25. The summed E-state index contributed by atoms with van der Waals surface area (Å²) in [5.41, 5.74) is 1.38. The van der Waals surface area contributed by atoms with Crippen molar-refractivity contribution in [3.63, 3.8) is 0 Å². The predicted octanol–water partition coefficient (Wildman–Crippen LogP) is 3.07. The van der Waals surface area contributed by atoms with Crippen LogP contribution in [0.5, 0.6) is 0 Å². The van der Waals surface area contributed by atoms with E-state index in [0.29, 0.717) is 12.0 Å². The van der Waals surface area contributed by atoms with Crippen molar-refractivity contribution < 1.29 is 17.9 Å². The molecule has 1 atom stereocenters. The molecule has 0 aromatic heterocycles. The number of hydrogen-bond acceptors (Lipinski definition) is 2. The molecule has 0 aliphatic heterocycles. The number of ether oxygens (including phenoxy) is 1. The quantitative estimate of drug-likeness (QED) is 0.762. The summed E-state index contributed by atoms with van der Waals surface area (Å²) < 4.78 is 42.0. The van der Waals surface area contributed by atoms with Crippen LogP contribution in [0.3, 0.4) is 0 Å². The molecular formula is C13H18F3NO. The van der Waals surface area contributed by atoms with Gasteiger partial charge in [0.1, 0.15) is 12.4 Å². The minimum atomic E-state index is -2.45. The van der Waals surface area contributed by atoms with Crippen molar-refractivity contribution in [1.29, 1.82) is 0 Å². The number of nitrogens with one attached hydrogen (secondary N) is 1. The summed E-state index contributed by atoms with van der Waals surface area (Å²) in [5, 5.41) is 3.02. The van der Waals surface area contributed by atoms with Crippen molar-refractivity contribution in [3.8, 4) is 0 Å². The molecule has 1 rings (SSSR count). The molecule has 0 fully saturated rings. The van der Waals surface area contributed by atoms with Gasteiger partial charge in [-0.1, -0.05) is 12.1 Å². The summed E-state index contributed by atoms with van der Waals surface area (Å²) in [6, 6.07) is 4.89. The monoisotopic (exact) mass is 261 g/mol. The first-order valence-corrected chi connectivity index (χ1v) is 5.83. The normalized spacial score (nSPS) is 13.0. The van der Waals surface area contributed by atoms with Crippen molar-refractivity contribution in [1.82, 2.24) is 5.32 Å². The van der Waals surface area contributed by atoms with Gasteiger partial charge in [-0.15, -0.1) is 0 Å². The highest BCUT2D eigenvalue weighted by Crippen LogP contribution is 2.19. The van der Waals surface area contributed by atoms with Crippen LogP contribution in [-0.2, 0) is 4.74 Å². The van der Waals surface area contributed by atoms with E-state index in [1.54, 1.807) is 20.0 Å². The molecule has 0 aliphatic rings. The Morgan fingerprint density at radius 1 is 1.33 bits per heavy atom. The van der Waals surface area contributed by atoms with Gasteiger partial charge in [0, 0.05) is 12.6 Å². The van der Waals surface area contributed by atoms with E-state index in [1.807, 2.05) is 6.07 Å². The lowest BCUT2D eigenvalue weighted by Gasteiger charge is -2.17. The van der Waals surface area contributed by atoms with Crippen LogP contribution in [0.15, 0.2) is 18.2 Å². The molecule has 0 bridgehead atoms. The molecule has 5 heteroatoms. The molecule has 2 nitrogen and oxygen atoms in total. The van der Waals surface area contributed by atoms with Gasteiger partial charge in [-0.3, -0.25) is 0 Å². The molecule has 1 aromatic rings. The van der Waals surface area contributed by atoms with Crippen LogP contribution in [0.2, 0.25) is 0 Å². The molecule has 0 saturated heterocycles. The minimum absolute atomic E-state index is 0.0993. The Labute approximate surface area is 105 Å². The fourth-order valence-electron chi connectivity index (χ4n) is 1.68. The molecule has 1 N–H and O–H groups in total. The maximum absolute atomic E-state index is 13.4. The third-order valence-electron chi connectivity index (χ3n) is 2.74. The standard InChI is InChI=1S/C13H18F3NO/c1-9-3-4-10(7-11(9)14)12(17-2)5-6-18-8-13(15)16/h3-4,7,12-13,17H,5-6,8H2,1-2H3. The van der Waals surface area contributed by atoms with Crippen molar-refractivity contribution in [2.24, 2.45) is 0 Å². The van der Waals surface area contributed by atoms with E-state index in [0.717, 1.165) is 5.56 Å². The van der Waals surface area contributed by atoms with Crippen molar-refractivity contribution in [2.45, 2.75) is 25.8 Å². The summed E-state index contributed by atoms with van der Waals surface area (Å²) in [5.74, 6) is -0.263. The highest BCUT2D eigenvalue weighted by atomic mass is 19.3. The zero-order chi connectivity index (χ0) is 13.5. The van der Waals surface area contributed by atoms with Gasteiger partial charge in [0.15, 0.2) is 0 Å². The molecule has 102 valence electrons. The molecule has 0 aliphatic carbocycles. The van der Waals surface area contributed by atoms with E-state index in [1.165, 1.54) is 6.07 Å². The maximum Gasteiger partial charge on any atom is 0.261 e. The predicted molar refractivity (Wildman–Crippen MR) is 64.4 cm³/mol. The largest absolute Gasteiger partial charge is 0.375 e. The molecular weight excluding hydrogens is 243 g/mol. The van der Waals surface area contributed by atoms with Gasteiger partial charge >= 0.3 is 0 Å². The average molecular weight is 261 g/mol. The first-order chi connectivity index (χ1) is 8.54. The number of aryl methyl sites for hydroxylation is 1. The van der Waals surface area contributed by atoms with E-state index in [-0.39, 0.29) is 18.5 Å². The lowest BCUT2D eigenvalue weighted by Crippen LogP contribution is -2.19. The summed E-state index contributed by atoms with van der Waals surface area (Å²) >= 11 is 0. The van der Waals surface area contributed by atoms with Crippen LogP contribution in [0.25, 0.3) is 0 Å². The zero-order valence-electron chi connectivity index (χ0n) is 10.6. The van der Waals surface area contributed by atoms with Gasteiger partial charge in [-0.05, 0) is 37.6 Å². The first-order valence-electron chi connectivity index (χ1n) is 5.83. The highest BCUT2D eigenvalue weighted by Gasteiger charge is 2.11. The van der Waals surface area contributed by atoms with Gasteiger partial charge in [-0.2, -0.15) is 0 Å². The fraction of sp³-hybridized carbons (Fsp3) is 0.538. The number of alkyl halides is 2. The lowest BCUT2D eigenvalue weighted by molar-refractivity contribution is 0.0145. The maximum atomic E-state index is 13.4. The molecule has 0 amide bonds. The Morgan fingerprint density at radius 3 is 2.61 bits per heavy atom. The smallest absolute Gasteiger partial charge is 0.261 e. The van der Waals surface area contributed by atoms with E-state index in [2.05, 4.69) is 5.32 Å². The zero-order valence-corrected chi connectivity index (χ0v) is 10.6. The molecule has 0 radical (unpaired) electrons. The SMILES string of the molecule is CNC(CCOCC(F)F)c1ccc(C)c(F)c1. The first kappa shape index (κ1) is 15.0.